The Bertz CT molecular complexity index is 551. The molecule has 3 nitrogen and oxygen atoms in total. The van der Waals surface area contributed by atoms with Gasteiger partial charge >= 0.3 is 0 Å². The molecule has 0 aliphatic rings. The van der Waals surface area contributed by atoms with Crippen molar-refractivity contribution < 1.29 is 0 Å². The van der Waals surface area contributed by atoms with Gasteiger partial charge in [0.15, 0.2) is 0 Å². The number of benzene rings is 1. The van der Waals surface area contributed by atoms with Crippen LogP contribution in [0.1, 0.15) is 24.6 Å². The van der Waals surface area contributed by atoms with E-state index in [2.05, 4.69) is 72.5 Å². The van der Waals surface area contributed by atoms with Gasteiger partial charge in [0.05, 0.1) is 12.2 Å². The Labute approximate surface area is 121 Å². The van der Waals surface area contributed by atoms with Crippen LogP contribution in [0.2, 0.25) is 0 Å². The highest BCUT2D eigenvalue weighted by molar-refractivity contribution is 5.48. The number of nitrogens with zero attached hydrogens (tertiary/aromatic N) is 2. The van der Waals surface area contributed by atoms with Gasteiger partial charge in [0.25, 0.3) is 0 Å². The molecule has 20 heavy (non-hydrogen) atoms. The summed E-state index contributed by atoms with van der Waals surface area (Å²) in [5.74, 6) is 0.960. The van der Waals surface area contributed by atoms with Crippen molar-refractivity contribution in [2.75, 3.05) is 23.8 Å². The summed E-state index contributed by atoms with van der Waals surface area (Å²) in [6, 6.07) is 14.7. The molecule has 0 fully saturated rings. The molecule has 0 spiro atoms. The van der Waals surface area contributed by atoms with Gasteiger partial charge < -0.3 is 10.2 Å². The summed E-state index contributed by atoms with van der Waals surface area (Å²) in [5.41, 5.74) is 3.58. The Hall–Kier alpha value is -2.03. The molecule has 2 rings (SSSR count). The molecule has 0 saturated heterocycles. The molecule has 0 saturated carbocycles. The van der Waals surface area contributed by atoms with Gasteiger partial charge in [-0.15, -0.1) is 0 Å². The summed E-state index contributed by atoms with van der Waals surface area (Å²) in [6.07, 6.45) is 1.11. The average Bonchev–Trinajstić information content (AvgIpc) is 2.45. The van der Waals surface area contributed by atoms with Crippen LogP contribution < -0.4 is 10.2 Å². The fourth-order valence-electron chi connectivity index (χ4n) is 2.12. The minimum atomic E-state index is 0.811. The van der Waals surface area contributed by atoms with Crippen molar-refractivity contribution in [2.24, 2.45) is 0 Å². The van der Waals surface area contributed by atoms with Crippen LogP contribution in [0.4, 0.5) is 11.5 Å². The lowest BCUT2D eigenvalue weighted by atomic mass is 10.2. The monoisotopic (exact) mass is 269 g/mol. The summed E-state index contributed by atoms with van der Waals surface area (Å²) in [4.78, 5) is 6.87. The highest BCUT2D eigenvalue weighted by atomic mass is 15.1. The van der Waals surface area contributed by atoms with Crippen molar-refractivity contribution in [1.82, 2.24) is 4.98 Å². The SMILES string of the molecule is CCCNc1cccc(CN(C)c2cccc(C)c2)n1. The second kappa shape index (κ2) is 6.94. The maximum absolute atomic E-state index is 4.65. The van der Waals surface area contributed by atoms with E-state index in [1.54, 1.807) is 0 Å². The number of rotatable bonds is 6. The molecule has 0 radical (unpaired) electrons. The standard InChI is InChI=1S/C17H23N3/c1-4-11-18-17-10-6-8-15(19-17)13-20(3)16-9-5-7-14(2)12-16/h5-10,12H,4,11,13H2,1-3H3,(H,18,19). The Kier molecular flexibility index (Phi) is 4.99. The Morgan fingerprint density at radius 3 is 2.70 bits per heavy atom. The van der Waals surface area contributed by atoms with Gasteiger partial charge in [0, 0.05) is 19.3 Å². The highest BCUT2D eigenvalue weighted by Gasteiger charge is 2.04. The maximum Gasteiger partial charge on any atom is 0.126 e. The second-order valence-electron chi connectivity index (χ2n) is 5.14. The maximum atomic E-state index is 4.65. The van der Waals surface area contributed by atoms with Crippen molar-refractivity contribution in [2.45, 2.75) is 26.8 Å². The van der Waals surface area contributed by atoms with Crippen LogP contribution in [0.5, 0.6) is 0 Å². The van der Waals surface area contributed by atoms with Crippen molar-refractivity contribution in [1.29, 1.82) is 0 Å². The van der Waals surface area contributed by atoms with Crippen LogP contribution in [-0.4, -0.2) is 18.6 Å². The molecular formula is C17H23N3. The van der Waals surface area contributed by atoms with E-state index in [0.717, 1.165) is 31.0 Å². The molecule has 0 bridgehead atoms. The van der Waals surface area contributed by atoms with Crippen LogP contribution in [0.25, 0.3) is 0 Å². The molecule has 3 heteroatoms. The predicted molar refractivity (Wildman–Crippen MR) is 86.3 cm³/mol. The van der Waals surface area contributed by atoms with Crippen LogP contribution >= 0.6 is 0 Å². The third-order valence-corrected chi connectivity index (χ3v) is 3.20. The molecule has 0 unspecified atom stereocenters. The first kappa shape index (κ1) is 14.4. The van der Waals surface area contributed by atoms with Gasteiger partial charge in [-0.05, 0) is 43.2 Å². The molecular weight excluding hydrogens is 246 g/mol. The number of hydrogen-bond acceptors (Lipinski definition) is 3. The van der Waals surface area contributed by atoms with Crippen LogP contribution in [0.15, 0.2) is 42.5 Å². The predicted octanol–water partition coefficient (Wildman–Crippen LogP) is 3.85. The van der Waals surface area contributed by atoms with Crippen molar-refractivity contribution in [3.63, 3.8) is 0 Å². The normalized spacial score (nSPS) is 10.3. The van der Waals surface area contributed by atoms with Gasteiger partial charge in [0.1, 0.15) is 5.82 Å². The molecule has 0 aliphatic heterocycles. The molecule has 106 valence electrons. The first-order valence-corrected chi connectivity index (χ1v) is 7.16. The van der Waals surface area contributed by atoms with Gasteiger partial charge in [-0.3, -0.25) is 0 Å². The third-order valence-electron chi connectivity index (χ3n) is 3.20. The molecule has 1 aromatic carbocycles. The van der Waals surface area contributed by atoms with Gasteiger partial charge in [-0.25, -0.2) is 4.98 Å². The first-order valence-electron chi connectivity index (χ1n) is 7.16. The minimum Gasteiger partial charge on any atom is -0.370 e. The summed E-state index contributed by atoms with van der Waals surface area (Å²) >= 11 is 0. The zero-order valence-electron chi connectivity index (χ0n) is 12.6. The lowest BCUT2D eigenvalue weighted by Gasteiger charge is -2.19. The lowest BCUT2D eigenvalue weighted by Crippen LogP contribution is -2.17. The lowest BCUT2D eigenvalue weighted by molar-refractivity contribution is 0.880. The molecule has 1 aromatic heterocycles. The first-order chi connectivity index (χ1) is 9.69. The van der Waals surface area contributed by atoms with E-state index in [1.807, 2.05) is 6.07 Å². The fourth-order valence-corrected chi connectivity index (χ4v) is 2.12. The molecule has 0 amide bonds. The summed E-state index contributed by atoms with van der Waals surface area (Å²) in [6.45, 7) is 6.04. The van der Waals surface area contributed by atoms with Crippen LogP contribution in [-0.2, 0) is 6.54 Å². The highest BCUT2D eigenvalue weighted by Crippen LogP contribution is 2.16. The van der Waals surface area contributed by atoms with E-state index in [9.17, 15) is 0 Å². The van der Waals surface area contributed by atoms with Crippen LogP contribution in [0.3, 0.4) is 0 Å². The van der Waals surface area contributed by atoms with Crippen LogP contribution in [0, 0.1) is 6.92 Å². The Balaban J connectivity index is 2.05. The number of aromatic nitrogens is 1. The number of pyridine rings is 1. The third kappa shape index (κ3) is 3.98. The summed E-state index contributed by atoms with van der Waals surface area (Å²) in [7, 11) is 2.10. The van der Waals surface area contributed by atoms with Crippen molar-refractivity contribution in [3.8, 4) is 0 Å². The van der Waals surface area contributed by atoms with Gasteiger partial charge in [-0.2, -0.15) is 0 Å². The van der Waals surface area contributed by atoms with E-state index in [1.165, 1.54) is 11.3 Å². The van der Waals surface area contributed by atoms with Crippen molar-refractivity contribution in [3.05, 3.63) is 53.7 Å². The molecule has 2 aromatic rings. The average molecular weight is 269 g/mol. The quantitative estimate of drug-likeness (QED) is 0.863. The Morgan fingerprint density at radius 2 is 1.95 bits per heavy atom. The summed E-state index contributed by atoms with van der Waals surface area (Å²) < 4.78 is 0. The fraction of sp³-hybridized carbons (Fsp3) is 0.353. The van der Waals surface area contributed by atoms with E-state index in [0.29, 0.717) is 0 Å². The zero-order chi connectivity index (χ0) is 14.4. The molecule has 0 atom stereocenters. The van der Waals surface area contributed by atoms with E-state index in [4.69, 9.17) is 0 Å². The molecule has 1 heterocycles. The topological polar surface area (TPSA) is 28.2 Å². The molecule has 0 aliphatic carbocycles. The van der Waals surface area contributed by atoms with Crippen molar-refractivity contribution >= 4 is 11.5 Å². The smallest absolute Gasteiger partial charge is 0.126 e. The van der Waals surface area contributed by atoms with Gasteiger partial charge in [-0.1, -0.05) is 25.1 Å². The largest absolute Gasteiger partial charge is 0.370 e. The van der Waals surface area contributed by atoms with Gasteiger partial charge in [0.2, 0.25) is 0 Å². The number of hydrogen-bond donors (Lipinski definition) is 1. The van der Waals surface area contributed by atoms with E-state index < -0.39 is 0 Å². The minimum absolute atomic E-state index is 0.811. The number of nitrogens with one attached hydrogen (secondary N) is 1. The summed E-state index contributed by atoms with van der Waals surface area (Å²) in [5, 5.41) is 3.33. The zero-order valence-corrected chi connectivity index (χ0v) is 12.6. The number of aryl methyl sites for hydroxylation is 1. The Morgan fingerprint density at radius 1 is 1.15 bits per heavy atom. The van der Waals surface area contributed by atoms with E-state index in [-0.39, 0.29) is 0 Å². The van der Waals surface area contributed by atoms with E-state index >= 15 is 0 Å². The molecule has 1 N–H and O–H groups in total. The number of anilines is 2. The second-order valence-corrected chi connectivity index (χ2v) is 5.14.